The van der Waals surface area contributed by atoms with E-state index in [1.807, 2.05) is 65.5 Å². The zero-order valence-electron chi connectivity index (χ0n) is 27.8. The molecule has 4 aromatic rings. The molecule has 1 fully saturated rings. The van der Waals surface area contributed by atoms with Crippen LogP contribution in [0, 0.1) is 18.8 Å². The summed E-state index contributed by atoms with van der Waals surface area (Å²) in [4.78, 5) is 17.6. The number of carbonyl (C=O) groups excluding carboxylic acids is 1. The summed E-state index contributed by atoms with van der Waals surface area (Å²) in [6.45, 7) is 14.4. The summed E-state index contributed by atoms with van der Waals surface area (Å²) in [7, 11) is -1.85. The van der Waals surface area contributed by atoms with Crippen LogP contribution in [0.25, 0.3) is 23.1 Å². The highest BCUT2D eigenvalue weighted by molar-refractivity contribution is 6.74. The largest absolute Gasteiger partial charge is 0.406 e. The average molecular weight is 636 g/mol. The second kappa shape index (κ2) is 14.5. The van der Waals surface area contributed by atoms with Crippen LogP contribution in [0.3, 0.4) is 0 Å². The SMILES string of the molecule is Cc1ccnc(C=Cc2nn(C3CCCCO3)c3cc(Nc4ccccc4C(=O)NCC#CCO[Si](C)(C)C(C)(C)C)ccc23)c1. The van der Waals surface area contributed by atoms with E-state index in [2.05, 4.69) is 80.4 Å². The van der Waals surface area contributed by atoms with Crippen LogP contribution in [-0.2, 0) is 9.16 Å². The van der Waals surface area contributed by atoms with Crippen LogP contribution in [-0.4, -0.2) is 48.7 Å². The number of hydrogen-bond donors (Lipinski definition) is 2. The lowest BCUT2D eigenvalue weighted by Crippen LogP contribution is -2.40. The first-order valence-corrected chi connectivity index (χ1v) is 18.9. The fourth-order valence-electron chi connectivity index (χ4n) is 5.03. The van der Waals surface area contributed by atoms with Crippen molar-refractivity contribution in [3.63, 3.8) is 0 Å². The molecule has 0 saturated carbocycles. The van der Waals surface area contributed by atoms with Gasteiger partial charge in [-0.25, -0.2) is 4.68 Å². The van der Waals surface area contributed by atoms with E-state index >= 15 is 0 Å². The second-order valence-electron chi connectivity index (χ2n) is 13.2. The normalized spacial score (nSPS) is 15.5. The van der Waals surface area contributed by atoms with E-state index in [4.69, 9.17) is 14.3 Å². The molecule has 8 nitrogen and oxygen atoms in total. The van der Waals surface area contributed by atoms with Gasteiger partial charge in [0.1, 0.15) is 0 Å². The Morgan fingerprint density at radius 3 is 2.70 bits per heavy atom. The molecule has 2 aromatic carbocycles. The number of pyridine rings is 1. The number of ether oxygens (including phenoxy) is 1. The van der Waals surface area contributed by atoms with Gasteiger partial charge in [-0.2, -0.15) is 5.10 Å². The Balaban J connectivity index is 1.33. The Morgan fingerprint density at radius 1 is 1.11 bits per heavy atom. The topological polar surface area (TPSA) is 90.3 Å². The molecule has 1 amide bonds. The molecule has 1 unspecified atom stereocenters. The molecule has 0 aliphatic carbocycles. The minimum absolute atomic E-state index is 0.128. The number of carbonyl (C=O) groups is 1. The van der Waals surface area contributed by atoms with E-state index in [0.29, 0.717) is 17.9 Å². The van der Waals surface area contributed by atoms with Crippen molar-refractivity contribution in [3.8, 4) is 11.8 Å². The van der Waals surface area contributed by atoms with E-state index < -0.39 is 8.32 Å². The molecule has 1 aliphatic rings. The maximum absolute atomic E-state index is 13.2. The number of nitrogens with one attached hydrogen (secondary N) is 2. The van der Waals surface area contributed by atoms with Crippen LogP contribution in [0.5, 0.6) is 0 Å². The van der Waals surface area contributed by atoms with Crippen LogP contribution in [0.4, 0.5) is 11.4 Å². The summed E-state index contributed by atoms with van der Waals surface area (Å²) < 4.78 is 14.2. The number of fused-ring (bicyclic) bond motifs is 1. The molecule has 5 rings (SSSR count). The highest BCUT2D eigenvalue weighted by Gasteiger charge is 2.36. The Bertz CT molecular complexity index is 1770. The van der Waals surface area contributed by atoms with Crippen LogP contribution in [0.15, 0.2) is 60.8 Å². The quantitative estimate of drug-likeness (QED) is 0.143. The third-order valence-corrected chi connectivity index (χ3v) is 13.2. The highest BCUT2D eigenvalue weighted by Crippen LogP contribution is 2.36. The molecule has 0 radical (unpaired) electrons. The zero-order valence-corrected chi connectivity index (χ0v) is 28.8. The van der Waals surface area contributed by atoms with Crippen molar-refractivity contribution >= 4 is 48.7 Å². The number of aromatic nitrogens is 3. The number of para-hydroxylation sites is 1. The number of rotatable bonds is 9. The fraction of sp³-hybridized carbons (Fsp3) is 0.378. The van der Waals surface area contributed by atoms with Crippen molar-refractivity contribution in [1.82, 2.24) is 20.1 Å². The van der Waals surface area contributed by atoms with Gasteiger partial charge in [0, 0.05) is 23.9 Å². The summed E-state index contributed by atoms with van der Waals surface area (Å²) in [6, 6.07) is 17.7. The van der Waals surface area contributed by atoms with E-state index in [9.17, 15) is 4.79 Å². The molecule has 46 heavy (non-hydrogen) atoms. The van der Waals surface area contributed by atoms with Crippen LogP contribution in [0.2, 0.25) is 18.1 Å². The Kier molecular flexibility index (Phi) is 10.4. The lowest BCUT2D eigenvalue weighted by molar-refractivity contribution is -0.0367. The van der Waals surface area contributed by atoms with E-state index in [1.165, 1.54) is 0 Å². The molecule has 1 aliphatic heterocycles. The van der Waals surface area contributed by atoms with Gasteiger partial charge in [0.2, 0.25) is 0 Å². The van der Waals surface area contributed by atoms with Crippen LogP contribution >= 0.6 is 0 Å². The third-order valence-electron chi connectivity index (χ3n) is 8.74. The molecule has 2 N–H and O–H groups in total. The lowest BCUT2D eigenvalue weighted by Gasteiger charge is -2.35. The molecule has 0 spiro atoms. The van der Waals surface area contributed by atoms with Gasteiger partial charge in [0.15, 0.2) is 14.5 Å². The van der Waals surface area contributed by atoms with Gasteiger partial charge in [0.05, 0.1) is 41.3 Å². The van der Waals surface area contributed by atoms with Gasteiger partial charge in [-0.05, 0) is 104 Å². The fourth-order valence-corrected chi connectivity index (χ4v) is 5.89. The predicted molar refractivity (Wildman–Crippen MR) is 189 cm³/mol. The van der Waals surface area contributed by atoms with E-state index in [0.717, 1.165) is 59.4 Å². The maximum atomic E-state index is 13.2. The third kappa shape index (κ3) is 8.12. The molecule has 0 bridgehead atoms. The van der Waals surface area contributed by atoms with Gasteiger partial charge in [-0.1, -0.05) is 44.7 Å². The summed E-state index contributed by atoms with van der Waals surface area (Å²) in [5.41, 5.74) is 5.96. The number of hydrogen-bond acceptors (Lipinski definition) is 6. The predicted octanol–water partition coefficient (Wildman–Crippen LogP) is 8.11. The molecule has 9 heteroatoms. The number of aryl methyl sites for hydroxylation is 1. The minimum atomic E-state index is -1.85. The Hall–Kier alpha value is -4.23. The van der Waals surface area contributed by atoms with Crippen molar-refractivity contribution in [2.24, 2.45) is 0 Å². The molecule has 1 saturated heterocycles. The summed E-state index contributed by atoms with van der Waals surface area (Å²) in [6.07, 6.45) is 8.76. The first kappa shape index (κ1) is 33.1. The average Bonchev–Trinajstić information content (AvgIpc) is 3.39. The number of anilines is 2. The smallest absolute Gasteiger partial charge is 0.254 e. The molecular weight excluding hydrogens is 591 g/mol. The maximum Gasteiger partial charge on any atom is 0.254 e. The van der Waals surface area contributed by atoms with Gasteiger partial charge in [-0.3, -0.25) is 9.78 Å². The zero-order chi connectivity index (χ0) is 32.7. The summed E-state index contributed by atoms with van der Waals surface area (Å²) in [5, 5.41) is 12.5. The highest BCUT2D eigenvalue weighted by atomic mass is 28.4. The van der Waals surface area contributed by atoms with Gasteiger partial charge < -0.3 is 19.8 Å². The Labute approximate surface area is 273 Å². The number of amides is 1. The van der Waals surface area contributed by atoms with Gasteiger partial charge >= 0.3 is 0 Å². The first-order valence-electron chi connectivity index (χ1n) is 16.0. The molecule has 2 aromatic heterocycles. The van der Waals surface area contributed by atoms with Crippen molar-refractivity contribution in [3.05, 3.63) is 83.3 Å². The molecular formula is C37H45N5O3Si. The van der Waals surface area contributed by atoms with Gasteiger partial charge in [-0.15, -0.1) is 0 Å². The first-order chi connectivity index (χ1) is 22.0. The van der Waals surface area contributed by atoms with Crippen LogP contribution in [0.1, 0.15) is 73.6 Å². The van der Waals surface area contributed by atoms with Crippen molar-refractivity contribution in [2.45, 2.75) is 71.3 Å². The summed E-state index contributed by atoms with van der Waals surface area (Å²) >= 11 is 0. The standard InChI is InChI=1S/C37H45N5O3Si/c1-27-20-22-38-28(25-27)17-19-33-30-18-16-29(26-34(30)42(41-33)35-15-9-11-23-44-35)40-32-14-8-7-13-31(32)36(43)39-21-10-12-24-45-46(5,6)37(2,3)4/h7-8,13-14,16-20,22,25-26,35,40H,9,11,15,21,23-24H2,1-6H3,(H,39,43). The van der Waals surface area contributed by atoms with Crippen molar-refractivity contribution in [1.29, 1.82) is 0 Å². The second-order valence-corrected chi connectivity index (χ2v) is 18.0. The monoisotopic (exact) mass is 635 g/mol. The van der Waals surface area contributed by atoms with E-state index in [1.54, 1.807) is 0 Å². The van der Waals surface area contributed by atoms with E-state index in [-0.39, 0.29) is 23.7 Å². The number of benzene rings is 2. The van der Waals surface area contributed by atoms with Crippen LogP contribution < -0.4 is 10.6 Å². The minimum Gasteiger partial charge on any atom is -0.406 e. The Morgan fingerprint density at radius 2 is 1.93 bits per heavy atom. The molecule has 3 heterocycles. The molecule has 240 valence electrons. The van der Waals surface area contributed by atoms with Crippen molar-refractivity contribution < 1.29 is 14.0 Å². The summed E-state index contributed by atoms with van der Waals surface area (Å²) in [5.74, 6) is 5.89. The lowest BCUT2D eigenvalue weighted by atomic mass is 10.1. The van der Waals surface area contributed by atoms with Crippen molar-refractivity contribution in [2.75, 3.05) is 25.1 Å². The number of nitrogens with zero attached hydrogens (tertiary/aromatic N) is 3. The molecule has 1 atom stereocenters. The van der Waals surface area contributed by atoms with Gasteiger partial charge in [0.25, 0.3) is 5.91 Å².